The Hall–Kier alpha value is -3.01. The molecule has 3 aromatic rings. The summed E-state index contributed by atoms with van der Waals surface area (Å²) in [5.41, 5.74) is 1.84. The number of alkyl halides is 3. The minimum Gasteiger partial charge on any atom is -0.354 e. The fourth-order valence-electron chi connectivity index (χ4n) is 3.57. The normalized spacial score (nSPS) is 15.6. The van der Waals surface area contributed by atoms with Gasteiger partial charge in [0, 0.05) is 50.7 Å². The Kier molecular flexibility index (Phi) is 5.42. The molecule has 0 N–H and O–H groups in total. The lowest BCUT2D eigenvalue weighted by atomic mass is 10.2. The van der Waals surface area contributed by atoms with Crippen LogP contribution < -0.4 is 4.90 Å². The van der Waals surface area contributed by atoms with Crippen molar-refractivity contribution in [3.05, 3.63) is 59.4 Å². The molecule has 1 aliphatic rings. The van der Waals surface area contributed by atoms with Crippen molar-refractivity contribution in [1.29, 1.82) is 0 Å². The molecular weight excluding hydrogens is 395 g/mol. The third-order valence-electron chi connectivity index (χ3n) is 5.08. The van der Waals surface area contributed by atoms with E-state index >= 15 is 0 Å². The smallest absolute Gasteiger partial charge is 0.354 e. The molecule has 0 aromatic carbocycles. The van der Waals surface area contributed by atoms with E-state index in [2.05, 4.69) is 29.9 Å². The van der Waals surface area contributed by atoms with Gasteiger partial charge < -0.3 is 4.90 Å². The van der Waals surface area contributed by atoms with Crippen molar-refractivity contribution in [2.75, 3.05) is 31.1 Å². The molecule has 0 unspecified atom stereocenters. The minimum absolute atomic E-state index is 0.569. The molecule has 4 heterocycles. The highest BCUT2D eigenvalue weighted by atomic mass is 19.4. The summed E-state index contributed by atoms with van der Waals surface area (Å²) < 4.78 is 39.7. The van der Waals surface area contributed by atoms with E-state index in [-0.39, 0.29) is 0 Å². The number of hydrogen-bond acceptors (Lipinski definition) is 6. The lowest BCUT2D eigenvalue weighted by Gasteiger charge is -2.35. The number of rotatable bonds is 4. The van der Waals surface area contributed by atoms with Crippen LogP contribution in [0.25, 0.3) is 5.82 Å². The highest BCUT2D eigenvalue weighted by molar-refractivity contribution is 5.44. The van der Waals surface area contributed by atoms with E-state index in [9.17, 15) is 13.2 Å². The first kappa shape index (κ1) is 20.3. The standard InChI is InChI=1S/C20H22F3N7/c1-14-9-15(2)30(27-14)19-10-18(25-13-26-19)29-7-5-28(6-8-29)12-16-3-4-17(24-11-16)20(21,22)23/h3-4,9-11,13H,5-8,12H2,1-2H3. The number of anilines is 1. The SMILES string of the molecule is Cc1cc(C)n(-c2cc(N3CCN(Cc4ccc(C(F)(F)F)nc4)CC3)ncn2)n1. The summed E-state index contributed by atoms with van der Waals surface area (Å²) in [5, 5.41) is 4.47. The van der Waals surface area contributed by atoms with Crippen LogP contribution in [-0.4, -0.2) is 55.8 Å². The first-order chi connectivity index (χ1) is 14.3. The first-order valence-corrected chi connectivity index (χ1v) is 9.65. The quantitative estimate of drug-likeness (QED) is 0.650. The molecule has 0 atom stereocenters. The van der Waals surface area contributed by atoms with Crippen LogP contribution in [-0.2, 0) is 12.7 Å². The van der Waals surface area contributed by atoms with Gasteiger partial charge in [0.05, 0.1) is 5.69 Å². The molecule has 10 heteroatoms. The maximum absolute atomic E-state index is 12.6. The number of halogens is 3. The van der Waals surface area contributed by atoms with Crippen molar-refractivity contribution < 1.29 is 13.2 Å². The zero-order valence-corrected chi connectivity index (χ0v) is 16.8. The number of nitrogens with zero attached hydrogens (tertiary/aromatic N) is 7. The molecule has 30 heavy (non-hydrogen) atoms. The van der Waals surface area contributed by atoms with Gasteiger partial charge in [0.1, 0.15) is 17.8 Å². The van der Waals surface area contributed by atoms with Crippen molar-refractivity contribution in [3.63, 3.8) is 0 Å². The maximum Gasteiger partial charge on any atom is 0.433 e. The number of pyridine rings is 1. The van der Waals surface area contributed by atoms with Crippen LogP contribution in [0.3, 0.4) is 0 Å². The van der Waals surface area contributed by atoms with Crippen molar-refractivity contribution in [3.8, 4) is 5.82 Å². The molecule has 0 amide bonds. The second-order valence-electron chi connectivity index (χ2n) is 7.39. The Morgan fingerprint density at radius 1 is 0.933 bits per heavy atom. The monoisotopic (exact) mass is 417 g/mol. The fourth-order valence-corrected chi connectivity index (χ4v) is 3.57. The molecule has 0 aliphatic carbocycles. The molecule has 0 spiro atoms. The van der Waals surface area contributed by atoms with Gasteiger partial charge in [-0.1, -0.05) is 6.07 Å². The van der Waals surface area contributed by atoms with E-state index in [4.69, 9.17) is 0 Å². The maximum atomic E-state index is 12.6. The zero-order chi connectivity index (χ0) is 21.3. The molecule has 0 bridgehead atoms. The number of piperazine rings is 1. The van der Waals surface area contributed by atoms with Crippen LogP contribution in [0.5, 0.6) is 0 Å². The van der Waals surface area contributed by atoms with Crippen molar-refractivity contribution >= 4 is 5.82 Å². The van der Waals surface area contributed by atoms with Crippen molar-refractivity contribution in [2.24, 2.45) is 0 Å². The van der Waals surface area contributed by atoms with Gasteiger partial charge in [0.25, 0.3) is 0 Å². The third-order valence-corrected chi connectivity index (χ3v) is 5.08. The van der Waals surface area contributed by atoms with Gasteiger partial charge in [-0.3, -0.25) is 9.88 Å². The van der Waals surface area contributed by atoms with E-state index in [1.54, 1.807) is 11.0 Å². The predicted molar refractivity (Wildman–Crippen MR) is 105 cm³/mol. The zero-order valence-electron chi connectivity index (χ0n) is 16.8. The van der Waals surface area contributed by atoms with E-state index in [1.807, 2.05) is 26.0 Å². The van der Waals surface area contributed by atoms with Gasteiger partial charge in [0.15, 0.2) is 5.82 Å². The van der Waals surface area contributed by atoms with E-state index in [0.717, 1.165) is 60.8 Å². The summed E-state index contributed by atoms with van der Waals surface area (Å²) >= 11 is 0. The Morgan fingerprint density at radius 2 is 1.67 bits per heavy atom. The number of aryl methyl sites for hydroxylation is 2. The Bertz CT molecular complexity index is 1010. The molecule has 4 rings (SSSR count). The van der Waals surface area contributed by atoms with E-state index in [0.29, 0.717) is 6.54 Å². The Labute approximate surface area is 172 Å². The average Bonchev–Trinajstić information content (AvgIpc) is 3.06. The fraction of sp³-hybridized carbons (Fsp3) is 0.400. The molecule has 0 saturated carbocycles. The second kappa shape index (κ2) is 8.02. The molecular formula is C20H22F3N7. The van der Waals surface area contributed by atoms with Crippen LogP contribution in [0.1, 0.15) is 22.6 Å². The average molecular weight is 417 g/mol. The highest BCUT2D eigenvalue weighted by Gasteiger charge is 2.32. The highest BCUT2D eigenvalue weighted by Crippen LogP contribution is 2.27. The topological polar surface area (TPSA) is 63.0 Å². The summed E-state index contributed by atoms with van der Waals surface area (Å²) in [6.45, 7) is 7.58. The number of hydrogen-bond donors (Lipinski definition) is 0. The number of aromatic nitrogens is 5. The Balaban J connectivity index is 1.38. The van der Waals surface area contributed by atoms with Crippen LogP contribution in [0.4, 0.5) is 19.0 Å². The molecule has 7 nitrogen and oxygen atoms in total. The minimum atomic E-state index is -4.41. The summed E-state index contributed by atoms with van der Waals surface area (Å²) in [5.74, 6) is 1.56. The van der Waals surface area contributed by atoms with E-state index < -0.39 is 11.9 Å². The molecule has 0 radical (unpaired) electrons. The first-order valence-electron chi connectivity index (χ1n) is 9.65. The molecule has 3 aromatic heterocycles. The largest absolute Gasteiger partial charge is 0.433 e. The lowest BCUT2D eigenvalue weighted by Crippen LogP contribution is -2.46. The van der Waals surface area contributed by atoms with Gasteiger partial charge in [0.2, 0.25) is 0 Å². The summed E-state index contributed by atoms with van der Waals surface area (Å²) in [6.07, 6.45) is -1.56. The lowest BCUT2D eigenvalue weighted by molar-refractivity contribution is -0.141. The predicted octanol–water partition coefficient (Wildman–Crippen LogP) is 3.02. The summed E-state index contributed by atoms with van der Waals surface area (Å²) in [6, 6.07) is 6.45. The van der Waals surface area contributed by atoms with Crippen LogP contribution in [0.15, 0.2) is 36.8 Å². The van der Waals surface area contributed by atoms with Gasteiger partial charge in [-0.2, -0.15) is 18.3 Å². The molecule has 1 aliphatic heterocycles. The summed E-state index contributed by atoms with van der Waals surface area (Å²) in [7, 11) is 0. The Morgan fingerprint density at radius 3 is 2.27 bits per heavy atom. The van der Waals surface area contributed by atoms with E-state index in [1.165, 1.54) is 12.3 Å². The van der Waals surface area contributed by atoms with Gasteiger partial charge in [-0.15, -0.1) is 0 Å². The van der Waals surface area contributed by atoms with Crippen molar-refractivity contribution in [2.45, 2.75) is 26.6 Å². The van der Waals surface area contributed by atoms with Crippen LogP contribution >= 0.6 is 0 Å². The third kappa shape index (κ3) is 4.43. The molecule has 1 saturated heterocycles. The van der Waals surface area contributed by atoms with Gasteiger partial charge in [-0.25, -0.2) is 14.6 Å². The molecule has 158 valence electrons. The van der Waals surface area contributed by atoms with Gasteiger partial charge in [-0.05, 0) is 31.5 Å². The van der Waals surface area contributed by atoms with Crippen molar-refractivity contribution in [1.82, 2.24) is 29.6 Å². The van der Waals surface area contributed by atoms with Crippen LogP contribution in [0, 0.1) is 13.8 Å². The van der Waals surface area contributed by atoms with Crippen LogP contribution in [0.2, 0.25) is 0 Å². The molecule has 1 fully saturated rings. The summed E-state index contributed by atoms with van der Waals surface area (Å²) in [4.78, 5) is 16.7. The second-order valence-corrected chi connectivity index (χ2v) is 7.39. The van der Waals surface area contributed by atoms with Gasteiger partial charge >= 0.3 is 6.18 Å².